The molecule has 2 aromatic rings. The van der Waals surface area contributed by atoms with E-state index >= 15 is 0 Å². The van der Waals surface area contributed by atoms with Gasteiger partial charge in [-0.3, -0.25) is 0 Å². The Labute approximate surface area is 162 Å². The van der Waals surface area contributed by atoms with Crippen LogP contribution in [0.15, 0.2) is 36.4 Å². The lowest BCUT2D eigenvalue weighted by Gasteiger charge is -2.01. The molecule has 1 N–H and O–H groups in total. The summed E-state index contributed by atoms with van der Waals surface area (Å²) >= 11 is 4.40. The molecule has 0 aliphatic heterocycles. The van der Waals surface area contributed by atoms with Crippen LogP contribution in [0.5, 0.6) is 0 Å². The minimum Gasteiger partial charge on any atom is -0.478 e. The average molecular weight is 538 g/mol. The number of aromatic carboxylic acids is 1. The first-order chi connectivity index (χ1) is 10.8. The lowest BCUT2D eigenvalue weighted by atomic mass is 10.1. The summed E-state index contributed by atoms with van der Waals surface area (Å²) in [6, 6.07) is 10.6. The second kappa shape index (κ2) is 9.21. The molecule has 23 heavy (non-hydrogen) atoms. The second-order valence-corrected chi connectivity index (χ2v) is 7.05. The molecular weight excluding hydrogens is 522 g/mol. The van der Waals surface area contributed by atoms with Gasteiger partial charge in [-0.25, -0.2) is 9.59 Å². The van der Waals surface area contributed by atoms with Gasteiger partial charge < -0.3 is 9.84 Å². The quantitative estimate of drug-likeness (QED) is 0.446. The van der Waals surface area contributed by atoms with E-state index in [0.717, 1.165) is 18.3 Å². The Morgan fingerprint density at radius 3 is 1.74 bits per heavy atom. The normalized spacial score (nSPS) is 9.61. The van der Waals surface area contributed by atoms with Crippen LogP contribution < -0.4 is 0 Å². The van der Waals surface area contributed by atoms with Crippen LogP contribution >= 0.6 is 45.2 Å². The van der Waals surface area contributed by atoms with E-state index in [-0.39, 0.29) is 5.97 Å². The zero-order chi connectivity index (χ0) is 17.6. The molecule has 122 valence electrons. The highest BCUT2D eigenvalue weighted by atomic mass is 127. The third-order valence-corrected chi connectivity index (χ3v) is 5.40. The highest BCUT2D eigenvalue weighted by Gasteiger charge is 2.05. The first-order valence-electron chi connectivity index (χ1n) is 6.60. The number of rotatable bonds is 2. The van der Waals surface area contributed by atoms with E-state index in [9.17, 15) is 9.59 Å². The summed E-state index contributed by atoms with van der Waals surface area (Å²) in [5, 5.41) is 8.60. The maximum atomic E-state index is 11.1. The van der Waals surface area contributed by atoms with Gasteiger partial charge in [0.1, 0.15) is 0 Å². The standard InChI is InChI=1S/C9H9IO2.C8H7IO2/c1-6-5-7(9(11)12-2)3-4-8(6)10;1-5-4-6(8(10)11)2-3-7(5)9/h3-5H,1-2H3;2-4H,1H3,(H,10,11). The molecule has 6 heteroatoms. The van der Waals surface area contributed by atoms with Crippen LogP contribution in [0.1, 0.15) is 31.8 Å². The summed E-state index contributed by atoms with van der Waals surface area (Å²) in [6.07, 6.45) is 0. The molecule has 0 atom stereocenters. The number of ether oxygens (including phenoxy) is 1. The number of halogens is 2. The maximum Gasteiger partial charge on any atom is 0.337 e. The molecule has 0 aliphatic carbocycles. The molecule has 0 saturated heterocycles. The van der Waals surface area contributed by atoms with Gasteiger partial charge in [0.15, 0.2) is 0 Å². The monoisotopic (exact) mass is 538 g/mol. The number of benzene rings is 2. The lowest BCUT2D eigenvalue weighted by Crippen LogP contribution is -2.01. The van der Waals surface area contributed by atoms with E-state index in [1.54, 1.807) is 24.3 Å². The Morgan fingerprint density at radius 2 is 1.35 bits per heavy atom. The van der Waals surface area contributed by atoms with Crippen molar-refractivity contribution >= 4 is 57.1 Å². The number of carboxylic acid groups (broad SMARTS) is 1. The fourth-order valence-electron chi connectivity index (χ4n) is 1.67. The zero-order valence-corrected chi connectivity index (χ0v) is 17.2. The molecule has 0 aromatic heterocycles. The van der Waals surface area contributed by atoms with E-state index in [4.69, 9.17) is 5.11 Å². The van der Waals surface area contributed by atoms with Gasteiger partial charge in [0.25, 0.3) is 0 Å². The average Bonchev–Trinajstić information content (AvgIpc) is 2.52. The van der Waals surface area contributed by atoms with Crippen LogP contribution in [0.3, 0.4) is 0 Å². The molecule has 0 saturated carbocycles. The molecule has 0 amide bonds. The number of esters is 1. The fraction of sp³-hybridized carbons (Fsp3) is 0.176. The van der Waals surface area contributed by atoms with Crippen molar-refractivity contribution in [3.63, 3.8) is 0 Å². The fourth-order valence-corrected chi connectivity index (χ4v) is 2.34. The Hall–Kier alpha value is -1.16. The van der Waals surface area contributed by atoms with Crippen LogP contribution in [0, 0.1) is 21.0 Å². The molecular formula is C17H16I2O4. The predicted molar refractivity (Wildman–Crippen MR) is 106 cm³/mol. The molecule has 0 bridgehead atoms. The van der Waals surface area contributed by atoms with Gasteiger partial charge in [0, 0.05) is 7.14 Å². The van der Waals surface area contributed by atoms with Crippen molar-refractivity contribution < 1.29 is 19.4 Å². The highest BCUT2D eigenvalue weighted by Crippen LogP contribution is 2.14. The van der Waals surface area contributed by atoms with Crippen molar-refractivity contribution in [2.45, 2.75) is 13.8 Å². The molecule has 0 radical (unpaired) electrons. The largest absolute Gasteiger partial charge is 0.478 e. The van der Waals surface area contributed by atoms with Crippen molar-refractivity contribution in [1.82, 2.24) is 0 Å². The summed E-state index contributed by atoms with van der Waals surface area (Å²) in [7, 11) is 1.38. The van der Waals surface area contributed by atoms with E-state index in [0.29, 0.717) is 11.1 Å². The molecule has 4 nitrogen and oxygen atoms in total. The summed E-state index contributed by atoms with van der Waals surface area (Å²) in [4.78, 5) is 21.5. The number of hydrogen-bond acceptors (Lipinski definition) is 3. The van der Waals surface area contributed by atoms with Crippen molar-refractivity contribution in [3.8, 4) is 0 Å². The Balaban J connectivity index is 0.000000231. The van der Waals surface area contributed by atoms with Gasteiger partial charge in [-0.05, 0) is 107 Å². The van der Waals surface area contributed by atoms with Crippen LogP contribution in [0.2, 0.25) is 0 Å². The number of carbonyl (C=O) groups is 2. The lowest BCUT2D eigenvalue weighted by molar-refractivity contribution is 0.0599. The number of carbonyl (C=O) groups excluding carboxylic acids is 1. The zero-order valence-electron chi connectivity index (χ0n) is 12.9. The van der Waals surface area contributed by atoms with E-state index in [1.165, 1.54) is 7.11 Å². The molecule has 0 heterocycles. The molecule has 0 aliphatic rings. The van der Waals surface area contributed by atoms with E-state index in [1.807, 2.05) is 26.0 Å². The highest BCUT2D eigenvalue weighted by molar-refractivity contribution is 14.1. The van der Waals surface area contributed by atoms with E-state index < -0.39 is 5.97 Å². The number of aryl methyl sites for hydroxylation is 2. The first-order valence-corrected chi connectivity index (χ1v) is 8.76. The number of methoxy groups -OCH3 is 1. The molecule has 0 fully saturated rings. The third kappa shape index (κ3) is 6.09. The number of carboxylic acids is 1. The Bertz CT molecular complexity index is 727. The number of hydrogen-bond donors (Lipinski definition) is 1. The first kappa shape index (κ1) is 19.9. The van der Waals surface area contributed by atoms with Crippen LogP contribution in [0.4, 0.5) is 0 Å². The van der Waals surface area contributed by atoms with Gasteiger partial charge in [0.2, 0.25) is 0 Å². The van der Waals surface area contributed by atoms with Gasteiger partial charge >= 0.3 is 11.9 Å². The Kier molecular flexibility index (Phi) is 7.97. The van der Waals surface area contributed by atoms with Gasteiger partial charge in [-0.15, -0.1) is 0 Å². The SMILES string of the molecule is COC(=O)c1ccc(I)c(C)c1.Cc1cc(C(=O)O)ccc1I. The summed E-state index contributed by atoms with van der Waals surface area (Å²) in [6.45, 7) is 3.86. The molecule has 0 unspecified atom stereocenters. The topological polar surface area (TPSA) is 63.6 Å². The van der Waals surface area contributed by atoms with Gasteiger partial charge in [-0.2, -0.15) is 0 Å². The smallest absolute Gasteiger partial charge is 0.337 e. The third-order valence-electron chi connectivity index (χ3n) is 2.98. The molecule has 0 spiro atoms. The van der Waals surface area contributed by atoms with E-state index in [2.05, 4.69) is 49.9 Å². The van der Waals surface area contributed by atoms with Gasteiger partial charge in [0.05, 0.1) is 18.2 Å². The predicted octanol–water partition coefficient (Wildman–Crippen LogP) is 4.68. The van der Waals surface area contributed by atoms with Crippen LogP contribution in [-0.2, 0) is 4.74 Å². The minimum absolute atomic E-state index is 0.283. The van der Waals surface area contributed by atoms with Crippen molar-refractivity contribution in [1.29, 1.82) is 0 Å². The van der Waals surface area contributed by atoms with Crippen molar-refractivity contribution in [2.24, 2.45) is 0 Å². The van der Waals surface area contributed by atoms with Crippen molar-refractivity contribution in [3.05, 3.63) is 65.8 Å². The van der Waals surface area contributed by atoms with Gasteiger partial charge in [-0.1, -0.05) is 0 Å². The Morgan fingerprint density at radius 1 is 0.913 bits per heavy atom. The van der Waals surface area contributed by atoms with Crippen molar-refractivity contribution in [2.75, 3.05) is 7.11 Å². The second-order valence-electron chi connectivity index (χ2n) is 4.72. The van der Waals surface area contributed by atoms with Crippen LogP contribution in [0.25, 0.3) is 0 Å². The molecule has 2 rings (SSSR count). The summed E-state index contributed by atoms with van der Waals surface area (Å²) < 4.78 is 6.83. The molecule has 2 aromatic carbocycles. The maximum absolute atomic E-state index is 11.1. The minimum atomic E-state index is -0.871. The summed E-state index contributed by atoms with van der Waals surface area (Å²) in [5.41, 5.74) is 3.06. The summed E-state index contributed by atoms with van der Waals surface area (Å²) in [5.74, 6) is -1.15. The van der Waals surface area contributed by atoms with Crippen LogP contribution in [-0.4, -0.2) is 24.2 Å².